The van der Waals surface area contributed by atoms with Crippen LogP contribution in [0.5, 0.6) is 5.75 Å². The van der Waals surface area contributed by atoms with Gasteiger partial charge in [0, 0.05) is 18.2 Å². The lowest BCUT2D eigenvalue weighted by atomic mass is 10.0. The average Bonchev–Trinajstić information content (AvgIpc) is 2.69. The molecule has 2 aromatic rings. The number of hydrogen-bond acceptors (Lipinski definition) is 3. The number of rotatable bonds is 11. The molecule has 3 heteroatoms. The Balaban J connectivity index is 1.98. The molecule has 0 amide bonds. The fourth-order valence-corrected chi connectivity index (χ4v) is 2.81. The molecule has 0 saturated carbocycles. The second-order valence-corrected chi connectivity index (χ2v) is 6.83. The third-order valence-electron chi connectivity index (χ3n) is 4.52. The van der Waals surface area contributed by atoms with E-state index in [0.29, 0.717) is 12.1 Å². The minimum absolute atomic E-state index is 0.101. The summed E-state index contributed by atoms with van der Waals surface area (Å²) in [7, 11) is 0. The minimum Gasteiger partial charge on any atom is -0.494 e. The molecule has 2 aromatic carbocycles. The first-order chi connectivity index (χ1) is 13.1. The first-order valence-electron chi connectivity index (χ1n) is 9.97. The fraction of sp³-hybridized carbons (Fsp3) is 0.375. The second-order valence-electron chi connectivity index (χ2n) is 6.83. The van der Waals surface area contributed by atoms with Crippen LogP contribution in [0.15, 0.2) is 54.6 Å². The Kier molecular flexibility index (Phi) is 8.63. The third kappa shape index (κ3) is 6.93. The summed E-state index contributed by atoms with van der Waals surface area (Å²) in [6.07, 6.45) is 7.45. The van der Waals surface area contributed by atoms with Gasteiger partial charge in [0.2, 0.25) is 0 Å². The molecule has 0 bridgehead atoms. The number of ether oxygens (including phenoxy) is 1. The Labute approximate surface area is 163 Å². The van der Waals surface area contributed by atoms with Gasteiger partial charge in [0.15, 0.2) is 5.78 Å². The third-order valence-corrected chi connectivity index (χ3v) is 4.52. The van der Waals surface area contributed by atoms with Crippen LogP contribution in [0.25, 0.3) is 16.8 Å². The van der Waals surface area contributed by atoms with Crippen LogP contribution in [-0.4, -0.2) is 12.4 Å². The van der Waals surface area contributed by atoms with Crippen LogP contribution in [0.4, 0.5) is 0 Å². The van der Waals surface area contributed by atoms with E-state index in [1.165, 1.54) is 0 Å². The van der Waals surface area contributed by atoms with E-state index in [1.807, 2.05) is 36.4 Å². The molecule has 144 valence electrons. The van der Waals surface area contributed by atoms with Crippen molar-refractivity contribution in [3.8, 4) is 16.9 Å². The van der Waals surface area contributed by atoms with Crippen molar-refractivity contribution in [2.24, 2.45) is 5.73 Å². The van der Waals surface area contributed by atoms with Gasteiger partial charge in [-0.15, -0.1) is 0 Å². The summed E-state index contributed by atoms with van der Waals surface area (Å²) in [5.41, 5.74) is 9.74. The van der Waals surface area contributed by atoms with Gasteiger partial charge in [-0.05, 0) is 41.7 Å². The first-order valence-corrected chi connectivity index (χ1v) is 9.97. The number of ketones is 1. The zero-order valence-corrected chi connectivity index (χ0v) is 16.5. The van der Waals surface area contributed by atoms with Crippen LogP contribution in [0, 0.1) is 0 Å². The van der Waals surface area contributed by atoms with Gasteiger partial charge in [-0.3, -0.25) is 4.79 Å². The van der Waals surface area contributed by atoms with E-state index in [0.717, 1.165) is 61.2 Å². The highest BCUT2D eigenvalue weighted by Crippen LogP contribution is 2.24. The predicted octanol–water partition coefficient (Wildman–Crippen LogP) is 5.98. The van der Waals surface area contributed by atoms with Crippen molar-refractivity contribution in [1.29, 1.82) is 0 Å². The molecule has 0 fully saturated rings. The molecule has 3 nitrogen and oxygen atoms in total. The molecule has 0 aliphatic carbocycles. The smallest absolute Gasteiger partial charge is 0.157 e. The lowest BCUT2D eigenvalue weighted by Crippen LogP contribution is -2.01. The summed E-state index contributed by atoms with van der Waals surface area (Å²) in [6.45, 7) is 5.04. The van der Waals surface area contributed by atoms with E-state index in [9.17, 15) is 4.79 Å². The molecule has 0 saturated heterocycles. The van der Waals surface area contributed by atoms with Crippen LogP contribution in [0.1, 0.15) is 57.9 Å². The zero-order chi connectivity index (χ0) is 19.5. The van der Waals surface area contributed by atoms with Gasteiger partial charge in [0.25, 0.3) is 0 Å². The summed E-state index contributed by atoms with van der Waals surface area (Å²) in [5.74, 6) is 1.00. The van der Waals surface area contributed by atoms with Crippen LogP contribution in [-0.2, 0) is 4.79 Å². The molecule has 0 atom stereocenters. The van der Waals surface area contributed by atoms with E-state index in [1.54, 1.807) is 6.08 Å². The molecule has 27 heavy (non-hydrogen) atoms. The molecule has 2 N–H and O–H groups in total. The maximum Gasteiger partial charge on any atom is 0.157 e. The lowest BCUT2D eigenvalue weighted by molar-refractivity contribution is -0.114. The molecule has 0 heterocycles. The van der Waals surface area contributed by atoms with Gasteiger partial charge in [-0.25, -0.2) is 0 Å². The van der Waals surface area contributed by atoms with Gasteiger partial charge in [0.05, 0.1) is 6.61 Å². The van der Waals surface area contributed by atoms with Crippen molar-refractivity contribution in [3.63, 3.8) is 0 Å². The molecular weight excluding hydrogens is 334 g/mol. The topological polar surface area (TPSA) is 52.3 Å². The Bertz CT molecular complexity index is 730. The Morgan fingerprint density at radius 2 is 1.48 bits per heavy atom. The monoisotopic (exact) mass is 365 g/mol. The first kappa shape index (κ1) is 20.8. The van der Waals surface area contributed by atoms with Crippen molar-refractivity contribution in [2.45, 2.75) is 52.4 Å². The number of benzene rings is 2. The summed E-state index contributed by atoms with van der Waals surface area (Å²) < 4.78 is 5.70. The number of carbonyl (C=O) groups excluding carboxylic acids is 1. The molecule has 0 aliphatic rings. The van der Waals surface area contributed by atoms with Gasteiger partial charge in [0.1, 0.15) is 5.75 Å². The largest absolute Gasteiger partial charge is 0.494 e. The maximum absolute atomic E-state index is 11.9. The van der Waals surface area contributed by atoms with E-state index >= 15 is 0 Å². The predicted molar refractivity (Wildman–Crippen MR) is 114 cm³/mol. The summed E-state index contributed by atoms with van der Waals surface area (Å²) in [5, 5.41) is 0. The minimum atomic E-state index is 0.101. The van der Waals surface area contributed by atoms with Crippen molar-refractivity contribution >= 4 is 11.5 Å². The Morgan fingerprint density at radius 3 is 2.07 bits per heavy atom. The van der Waals surface area contributed by atoms with Gasteiger partial charge in [-0.1, -0.05) is 69.5 Å². The van der Waals surface area contributed by atoms with Gasteiger partial charge >= 0.3 is 0 Å². The zero-order valence-electron chi connectivity index (χ0n) is 16.5. The molecule has 0 radical (unpaired) electrons. The Hall–Kier alpha value is -2.55. The molecule has 2 rings (SSSR count). The van der Waals surface area contributed by atoms with E-state index < -0.39 is 0 Å². The molecular formula is C24H31NO2. The highest BCUT2D eigenvalue weighted by atomic mass is 16.5. The van der Waals surface area contributed by atoms with Crippen molar-refractivity contribution in [1.82, 2.24) is 0 Å². The maximum atomic E-state index is 11.9. The van der Waals surface area contributed by atoms with Crippen LogP contribution in [0.3, 0.4) is 0 Å². The van der Waals surface area contributed by atoms with Gasteiger partial charge in [-0.2, -0.15) is 0 Å². The average molecular weight is 366 g/mol. The SMILES string of the molecule is CCCCCC(=O)/C=C(\N)c1ccc(-c2ccc(OCCCC)cc2)cc1. The Morgan fingerprint density at radius 1 is 0.889 bits per heavy atom. The highest BCUT2D eigenvalue weighted by molar-refractivity contribution is 5.96. The molecule has 0 spiro atoms. The number of nitrogens with two attached hydrogens (primary N) is 1. The van der Waals surface area contributed by atoms with Crippen LogP contribution < -0.4 is 10.5 Å². The molecule has 0 aromatic heterocycles. The van der Waals surface area contributed by atoms with Crippen LogP contribution in [0.2, 0.25) is 0 Å². The van der Waals surface area contributed by atoms with Gasteiger partial charge < -0.3 is 10.5 Å². The van der Waals surface area contributed by atoms with Crippen molar-refractivity contribution in [2.75, 3.05) is 6.61 Å². The molecule has 0 unspecified atom stereocenters. The lowest BCUT2D eigenvalue weighted by Gasteiger charge is -2.08. The van der Waals surface area contributed by atoms with E-state index in [4.69, 9.17) is 10.5 Å². The molecule has 0 aliphatic heterocycles. The quantitative estimate of drug-likeness (QED) is 0.393. The summed E-state index contributed by atoms with van der Waals surface area (Å²) >= 11 is 0. The number of unbranched alkanes of at least 4 members (excludes halogenated alkanes) is 3. The van der Waals surface area contributed by atoms with E-state index in [2.05, 4.69) is 26.0 Å². The summed E-state index contributed by atoms with van der Waals surface area (Å²) in [4.78, 5) is 11.9. The van der Waals surface area contributed by atoms with E-state index in [-0.39, 0.29) is 5.78 Å². The normalized spacial score (nSPS) is 11.4. The standard InChI is InChI=1S/C24H31NO2/c1-3-5-7-8-22(26)18-24(25)21-11-9-19(10-12-21)20-13-15-23(16-14-20)27-17-6-4-2/h9-16,18H,3-8,17,25H2,1-2H3/b24-18-. The van der Waals surface area contributed by atoms with Crippen LogP contribution >= 0.6 is 0 Å². The second kappa shape index (κ2) is 11.2. The number of allylic oxidation sites excluding steroid dienone is 1. The summed E-state index contributed by atoms with van der Waals surface area (Å²) in [6, 6.07) is 16.1. The van der Waals surface area contributed by atoms with Crippen molar-refractivity contribution in [3.05, 3.63) is 60.2 Å². The highest BCUT2D eigenvalue weighted by Gasteiger charge is 2.04. The fourth-order valence-electron chi connectivity index (χ4n) is 2.81. The number of hydrogen-bond donors (Lipinski definition) is 1. The number of carbonyl (C=O) groups is 1. The van der Waals surface area contributed by atoms with Crippen molar-refractivity contribution < 1.29 is 9.53 Å².